The van der Waals surface area contributed by atoms with Gasteiger partial charge in [-0.05, 0) is 42.0 Å². The van der Waals surface area contributed by atoms with E-state index < -0.39 is 0 Å². The van der Waals surface area contributed by atoms with Gasteiger partial charge in [-0.3, -0.25) is 5.43 Å². The summed E-state index contributed by atoms with van der Waals surface area (Å²) in [5.41, 5.74) is 7.91. The smallest absolute Gasteiger partial charge is 0.113 e. The summed E-state index contributed by atoms with van der Waals surface area (Å²) in [4.78, 5) is 8.02. The third-order valence-corrected chi connectivity index (χ3v) is 4.30. The second kappa shape index (κ2) is 7.42. The fourth-order valence-electron chi connectivity index (χ4n) is 2.74. The number of H-pyrrole nitrogens is 1. The molecule has 0 unspecified atom stereocenters. The van der Waals surface area contributed by atoms with Crippen LogP contribution in [0.3, 0.4) is 0 Å². The molecule has 1 aromatic heterocycles. The standard InChI is InChI=1S/C21H17ClN4/c22-16-12-10-15(11-13-16)20(26-25-17-6-2-1-3-7-17)14-21-23-18-8-4-5-9-19(18)24-21/h1-13,25H,14H2,(H,23,24). The number of anilines is 1. The number of aromatic amines is 1. The molecule has 5 heteroatoms. The zero-order valence-corrected chi connectivity index (χ0v) is 14.7. The molecule has 26 heavy (non-hydrogen) atoms. The Balaban J connectivity index is 1.66. The summed E-state index contributed by atoms with van der Waals surface area (Å²) in [6.45, 7) is 0. The zero-order valence-electron chi connectivity index (χ0n) is 14.0. The van der Waals surface area contributed by atoms with Crippen LogP contribution in [0.15, 0.2) is 84.0 Å². The number of rotatable bonds is 5. The summed E-state index contributed by atoms with van der Waals surface area (Å²) in [5, 5.41) is 5.32. The fourth-order valence-corrected chi connectivity index (χ4v) is 2.87. The van der Waals surface area contributed by atoms with Gasteiger partial charge in [0, 0.05) is 5.02 Å². The molecule has 0 fully saturated rings. The Bertz CT molecular complexity index is 1000. The molecule has 128 valence electrons. The predicted octanol–water partition coefficient (Wildman–Crippen LogP) is 5.28. The average Bonchev–Trinajstić information content (AvgIpc) is 3.09. The van der Waals surface area contributed by atoms with Crippen LogP contribution < -0.4 is 5.43 Å². The lowest BCUT2D eigenvalue weighted by Crippen LogP contribution is -2.09. The van der Waals surface area contributed by atoms with Crippen LogP contribution in [0.25, 0.3) is 11.0 Å². The minimum atomic E-state index is 0.580. The van der Waals surface area contributed by atoms with E-state index in [2.05, 4.69) is 20.5 Å². The Morgan fingerprint density at radius 2 is 1.65 bits per heavy atom. The van der Waals surface area contributed by atoms with Crippen molar-refractivity contribution < 1.29 is 0 Å². The minimum absolute atomic E-state index is 0.580. The van der Waals surface area contributed by atoms with E-state index in [9.17, 15) is 0 Å². The minimum Gasteiger partial charge on any atom is -0.342 e. The van der Waals surface area contributed by atoms with E-state index in [4.69, 9.17) is 11.6 Å². The molecule has 0 saturated heterocycles. The van der Waals surface area contributed by atoms with Gasteiger partial charge >= 0.3 is 0 Å². The van der Waals surface area contributed by atoms with Gasteiger partial charge in [0.1, 0.15) is 5.82 Å². The normalized spacial score (nSPS) is 11.7. The SMILES string of the molecule is Clc1ccc(C(Cc2nc3ccccc3[nH]2)=NNc2ccccc2)cc1. The molecular formula is C21H17ClN4. The highest BCUT2D eigenvalue weighted by Crippen LogP contribution is 2.16. The second-order valence-corrected chi connectivity index (χ2v) is 6.36. The second-order valence-electron chi connectivity index (χ2n) is 5.92. The van der Waals surface area contributed by atoms with Crippen molar-refractivity contribution in [2.24, 2.45) is 5.10 Å². The van der Waals surface area contributed by atoms with Crippen molar-refractivity contribution in [1.29, 1.82) is 0 Å². The van der Waals surface area contributed by atoms with E-state index in [1.807, 2.05) is 78.9 Å². The maximum Gasteiger partial charge on any atom is 0.113 e. The molecule has 4 nitrogen and oxygen atoms in total. The lowest BCUT2D eigenvalue weighted by molar-refractivity contribution is 1.09. The molecule has 0 spiro atoms. The number of nitrogens with zero attached hydrogens (tertiary/aromatic N) is 2. The molecule has 0 atom stereocenters. The van der Waals surface area contributed by atoms with Crippen LogP contribution in [0.1, 0.15) is 11.4 Å². The lowest BCUT2D eigenvalue weighted by Gasteiger charge is -2.07. The molecule has 2 N–H and O–H groups in total. The summed E-state index contributed by atoms with van der Waals surface area (Å²) < 4.78 is 0. The third kappa shape index (κ3) is 3.76. The van der Waals surface area contributed by atoms with Crippen LogP contribution in [-0.4, -0.2) is 15.7 Å². The molecule has 0 aliphatic heterocycles. The van der Waals surface area contributed by atoms with Gasteiger partial charge in [-0.15, -0.1) is 0 Å². The van der Waals surface area contributed by atoms with Crippen molar-refractivity contribution in [3.63, 3.8) is 0 Å². The van der Waals surface area contributed by atoms with E-state index in [0.717, 1.165) is 33.8 Å². The summed E-state index contributed by atoms with van der Waals surface area (Å²) >= 11 is 6.03. The van der Waals surface area contributed by atoms with Gasteiger partial charge in [-0.2, -0.15) is 5.10 Å². The molecule has 0 aliphatic carbocycles. The molecule has 4 aromatic rings. The van der Waals surface area contributed by atoms with Crippen molar-refractivity contribution in [2.45, 2.75) is 6.42 Å². The van der Waals surface area contributed by atoms with Crippen molar-refractivity contribution in [1.82, 2.24) is 9.97 Å². The van der Waals surface area contributed by atoms with Crippen LogP contribution in [0.4, 0.5) is 5.69 Å². The van der Waals surface area contributed by atoms with Gasteiger partial charge in [0.05, 0.1) is 28.9 Å². The highest BCUT2D eigenvalue weighted by Gasteiger charge is 2.10. The highest BCUT2D eigenvalue weighted by atomic mass is 35.5. The zero-order chi connectivity index (χ0) is 17.8. The number of benzene rings is 3. The Hall–Kier alpha value is -3.11. The number of nitrogens with one attached hydrogen (secondary N) is 2. The largest absolute Gasteiger partial charge is 0.342 e. The monoisotopic (exact) mass is 360 g/mol. The van der Waals surface area contributed by atoms with Gasteiger partial charge in [0.15, 0.2) is 0 Å². The number of imidazole rings is 1. The molecule has 4 rings (SSSR count). The van der Waals surface area contributed by atoms with Gasteiger partial charge in [-0.1, -0.05) is 54.1 Å². The Labute approximate surface area is 156 Å². The van der Waals surface area contributed by atoms with Crippen LogP contribution in [0.2, 0.25) is 5.02 Å². The van der Waals surface area contributed by atoms with Crippen molar-refractivity contribution in [2.75, 3.05) is 5.43 Å². The average molecular weight is 361 g/mol. The first kappa shape index (κ1) is 16.4. The molecule has 1 heterocycles. The fraction of sp³-hybridized carbons (Fsp3) is 0.0476. The first-order chi connectivity index (χ1) is 12.8. The molecule has 0 radical (unpaired) electrons. The number of aromatic nitrogens is 2. The van der Waals surface area contributed by atoms with E-state index in [1.165, 1.54) is 0 Å². The van der Waals surface area contributed by atoms with E-state index in [-0.39, 0.29) is 0 Å². The number of hydrogen-bond donors (Lipinski definition) is 2. The van der Waals surface area contributed by atoms with Gasteiger partial charge < -0.3 is 4.98 Å². The first-order valence-corrected chi connectivity index (χ1v) is 8.73. The van der Waals surface area contributed by atoms with Crippen LogP contribution in [0.5, 0.6) is 0 Å². The molecular weight excluding hydrogens is 344 g/mol. The van der Waals surface area contributed by atoms with Crippen molar-refractivity contribution >= 4 is 34.0 Å². The van der Waals surface area contributed by atoms with Gasteiger partial charge in [-0.25, -0.2) is 4.98 Å². The Morgan fingerprint density at radius 3 is 2.42 bits per heavy atom. The summed E-state index contributed by atoms with van der Waals surface area (Å²) in [5.74, 6) is 0.870. The topological polar surface area (TPSA) is 53.1 Å². The van der Waals surface area contributed by atoms with Crippen molar-refractivity contribution in [3.8, 4) is 0 Å². The molecule has 3 aromatic carbocycles. The predicted molar refractivity (Wildman–Crippen MR) is 108 cm³/mol. The number of para-hydroxylation sites is 3. The Kier molecular flexibility index (Phi) is 4.67. The summed E-state index contributed by atoms with van der Waals surface area (Å²) in [7, 11) is 0. The molecule has 0 bridgehead atoms. The van der Waals surface area contributed by atoms with Crippen LogP contribution >= 0.6 is 11.6 Å². The highest BCUT2D eigenvalue weighted by molar-refractivity contribution is 6.30. The maximum absolute atomic E-state index is 6.03. The number of fused-ring (bicyclic) bond motifs is 1. The van der Waals surface area contributed by atoms with E-state index in [1.54, 1.807) is 0 Å². The lowest BCUT2D eigenvalue weighted by atomic mass is 10.1. The van der Waals surface area contributed by atoms with Gasteiger partial charge in [0.2, 0.25) is 0 Å². The maximum atomic E-state index is 6.03. The van der Waals surface area contributed by atoms with Gasteiger partial charge in [0.25, 0.3) is 0 Å². The van der Waals surface area contributed by atoms with Crippen molar-refractivity contribution in [3.05, 3.63) is 95.3 Å². The van der Waals surface area contributed by atoms with Crippen LogP contribution in [0, 0.1) is 0 Å². The summed E-state index contributed by atoms with van der Waals surface area (Å²) in [6, 6.07) is 25.5. The quantitative estimate of drug-likeness (QED) is 0.376. The summed E-state index contributed by atoms with van der Waals surface area (Å²) in [6.07, 6.45) is 0.580. The molecule has 0 aliphatic rings. The third-order valence-electron chi connectivity index (χ3n) is 4.04. The molecule has 0 saturated carbocycles. The van der Waals surface area contributed by atoms with Crippen LogP contribution in [-0.2, 0) is 6.42 Å². The molecule has 0 amide bonds. The van der Waals surface area contributed by atoms with E-state index in [0.29, 0.717) is 11.4 Å². The number of hydrazone groups is 1. The Morgan fingerprint density at radius 1 is 0.923 bits per heavy atom. The number of hydrogen-bond acceptors (Lipinski definition) is 3. The van der Waals surface area contributed by atoms with E-state index >= 15 is 0 Å². The first-order valence-electron chi connectivity index (χ1n) is 8.35. The number of halogens is 1.